The molecule has 0 aliphatic heterocycles. The molecule has 0 fully saturated rings. The van der Waals surface area contributed by atoms with Crippen LogP contribution in [0.3, 0.4) is 0 Å². The van der Waals surface area contributed by atoms with Crippen LogP contribution < -0.4 is 0 Å². The molecule has 5 nitrogen and oxygen atoms in total. The molecule has 0 rings (SSSR count). The molecule has 0 heterocycles. The van der Waals surface area contributed by atoms with Crippen molar-refractivity contribution in [2.45, 2.75) is 315 Å². The Hall–Kier alpha value is -4.48. The van der Waals surface area contributed by atoms with Crippen molar-refractivity contribution < 1.29 is 24.2 Å². The molecule has 0 spiro atoms. The van der Waals surface area contributed by atoms with Crippen LogP contribution in [0.5, 0.6) is 0 Å². The Balaban J connectivity index is 3.56. The summed E-state index contributed by atoms with van der Waals surface area (Å²) in [5, 5.41) is 9.70. The minimum atomic E-state index is -0.792. The highest BCUT2D eigenvalue weighted by molar-refractivity contribution is 5.70. The first kappa shape index (κ1) is 79.5. The number of esters is 2. The summed E-state index contributed by atoms with van der Waals surface area (Å²) in [5.74, 6) is -0.608. The summed E-state index contributed by atoms with van der Waals surface area (Å²) < 4.78 is 10.7. The maximum Gasteiger partial charge on any atom is 0.306 e. The standard InChI is InChI=1S/C79H130O5/c1-3-5-7-9-11-13-15-17-19-21-23-25-27-29-31-33-35-37-38-39-40-42-44-46-48-50-52-54-56-58-60-62-64-66-68-70-72-74-79(82)84-77(75-80)76-83-78(81)73-71-69-67-65-63-61-59-57-55-53-51-49-47-45-43-41-36-34-32-30-28-26-24-22-20-18-16-14-12-10-8-6-4-2/h5,7,11,13,16-19,22-25,28-31,35,37,39-40,44,46,50,52,56,58,77,80H,3-4,6,8-10,12,14-15,20-21,26-27,32-34,36,38,41-43,45,47-49,51,53-55,57,59-76H2,1-2H3/b7-5-,13-11-,18-16-,19-17-,24-22-,25-23-,30-28-,31-29-,37-35-,40-39-,46-44-,52-50-,58-56-. The number of hydrogen-bond acceptors (Lipinski definition) is 5. The third-order valence-electron chi connectivity index (χ3n) is 14.8. The zero-order valence-electron chi connectivity index (χ0n) is 54.6. The molecule has 0 aliphatic rings. The minimum Gasteiger partial charge on any atom is -0.462 e. The molecular weight excluding hydrogens is 1030 g/mol. The minimum absolute atomic E-state index is 0.0789. The molecule has 5 heteroatoms. The fourth-order valence-electron chi connectivity index (χ4n) is 9.59. The molecule has 0 bridgehead atoms. The van der Waals surface area contributed by atoms with E-state index in [9.17, 15) is 14.7 Å². The Kier molecular flexibility index (Phi) is 68.9. The maximum atomic E-state index is 12.4. The Bertz CT molecular complexity index is 1790. The lowest BCUT2D eigenvalue weighted by Gasteiger charge is -2.15. The van der Waals surface area contributed by atoms with Crippen molar-refractivity contribution in [3.05, 3.63) is 158 Å². The van der Waals surface area contributed by atoms with Crippen molar-refractivity contribution in [3.8, 4) is 0 Å². The zero-order chi connectivity index (χ0) is 60.5. The summed E-state index contributed by atoms with van der Waals surface area (Å²) >= 11 is 0. The Labute approximate surface area is 520 Å². The summed E-state index contributed by atoms with van der Waals surface area (Å²) in [5.41, 5.74) is 0. The predicted molar refractivity (Wildman–Crippen MR) is 370 cm³/mol. The van der Waals surface area contributed by atoms with Crippen LogP contribution in [0.25, 0.3) is 0 Å². The third-order valence-corrected chi connectivity index (χ3v) is 14.8. The molecule has 0 saturated heterocycles. The lowest BCUT2D eigenvalue weighted by Crippen LogP contribution is -2.28. The molecule has 1 unspecified atom stereocenters. The van der Waals surface area contributed by atoms with Gasteiger partial charge in [0.2, 0.25) is 0 Å². The monoisotopic (exact) mass is 1160 g/mol. The van der Waals surface area contributed by atoms with Crippen LogP contribution >= 0.6 is 0 Å². The van der Waals surface area contributed by atoms with Gasteiger partial charge in [0.1, 0.15) is 6.61 Å². The number of rotatable bonds is 63. The summed E-state index contributed by atoms with van der Waals surface area (Å²) in [6, 6.07) is 0. The van der Waals surface area contributed by atoms with Crippen molar-refractivity contribution in [3.63, 3.8) is 0 Å². The van der Waals surface area contributed by atoms with Gasteiger partial charge >= 0.3 is 11.9 Å². The molecule has 0 aliphatic carbocycles. The molecule has 476 valence electrons. The average Bonchev–Trinajstić information content (AvgIpc) is 3.51. The fraction of sp³-hybridized carbons (Fsp3) is 0.646. The average molecular weight is 1160 g/mol. The highest BCUT2D eigenvalue weighted by Gasteiger charge is 2.16. The fourth-order valence-corrected chi connectivity index (χ4v) is 9.59. The van der Waals surface area contributed by atoms with Gasteiger partial charge in [0.05, 0.1) is 6.61 Å². The van der Waals surface area contributed by atoms with Crippen LogP contribution in [0.4, 0.5) is 0 Å². The van der Waals surface area contributed by atoms with Crippen LogP contribution in [0.2, 0.25) is 0 Å². The molecule has 0 aromatic heterocycles. The number of aliphatic hydroxyl groups is 1. The third kappa shape index (κ3) is 70.0. The molecule has 1 N–H and O–H groups in total. The topological polar surface area (TPSA) is 72.8 Å². The van der Waals surface area contributed by atoms with Gasteiger partial charge in [-0.1, -0.05) is 326 Å². The second kappa shape index (κ2) is 72.8. The number of carbonyl (C=O) groups is 2. The summed E-state index contributed by atoms with van der Waals surface area (Å²) in [6.45, 7) is 4.02. The van der Waals surface area contributed by atoms with Crippen LogP contribution in [0, 0.1) is 0 Å². The first-order valence-electron chi connectivity index (χ1n) is 35.0. The van der Waals surface area contributed by atoms with Gasteiger partial charge in [0, 0.05) is 12.8 Å². The van der Waals surface area contributed by atoms with Gasteiger partial charge in [-0.05, 0) is 128 Å². The molecule has 1 atom stereocenters. The van der Waals surface area contributed by atoms with Crippen LogP contribution in [0.15, 0.2) is 158 Å². The first-order valence-corrected chi connectivity index (χ1v) is 35.0. The van der Waals surface area contributed by atoms with Crippen LogP contribution in [0.1, 0.15) is 309 Å². The zero-order valence-corrected chi connectivity index (χ0v) is 54.6. The Morgan fingerprint density at radius 2 is 0.512 bits per heavy atom. The van der Waals surface area contributed by atoms with Crippen molar-refractivity contribution in [2.75, 3.05) is 13.2 Å². The second-order valence-corrected chi connectivity index (χ2v) is 22.9. The van der Waals surface area contributed by atoms with E-state index in [1.165, 1.54) is 161 Å². The number of aliphatic hydroxyl groups excluding tert-OH is 1. The highest BCUT2D eigenvalue weighted by atomic mass is 16.6. The van der Waals surface area contributed by atoms with Gasteiger partial charge in [-0.25, -0.2) is 0 Å². The maximum absolute atomic E-state index is 12.4. The van der Waals surface area contributed by atoms with Gasteiger partial charge in [0.25, 0.3) is 0 Å². The smallest absolute Gasteiger partial charge is 0.306 e. The van der Waals surface area contributed by atoms with Gasteiger partial charge in [-0.2, -0.15) is 0 Å². The van der Waals surface area contributed by atoms with E-state index in [0.29, 0.717) is 12.8 Å². The number of hydrogen-bond donors (Lipinski definition) is 1. The SMILES string of the molecule is CC/C=C\C/C=C\C/C=C\C/C=C\C/C=C\C/C=C\C/C=C\C/C=C\C/C=C\C/C=C\CCCCCCCCC(=O)OC(CO)COC(=O)CCCCCCCCCCCCCCCCCCCC/C=C\C/C=C\C/C=C\CCCCCCC. The summed E-state index contributed by atoms with van der Waals surface area (Å²) in [6.07, 6.45) is 111. The van der Waals surface area contributed by atoms with Crippen molar-refractivity contribution in [1.82, 2.24) is 0 Å². The van der Waals surface area contributed by atoms with E-state index in [1.807, 2.05) is 0 Å². The highest BCUT2D eigenvalue weighted by Crippen LogP contribution is 2.16. The van der Waals surface area contributed by atoms with E-state index in [4.69, 9.17) is 9.47 Å². The molecule has 0 aromatic carbocycles. The van der Waals surface area contributed by atoms with E-state index in [-0.39, 0.29) is 25.2 Å². The van der Waals surface area contributed by atoms with Gasteiger partial charge in [-0.3, -0.25) is 9.59 Å². The van der Waals surface area contributed by atoms with E-state index in [2.05, 4.69) is 172 Å². The molecular formula is C79H130O5. The summed E-state index contributed by atoms with van der Waals surface area (Å²) in [4.78, 5) is 24.7. The van der Waals surface area contributed by atoms with Crippen molar-refractivity contribution >= 4 is 11.9 Å². The van der Waals surface area contributed by atoms with Crippen molar-refractivity contribution in [2.24, 2.45) is 0 Å². The van der Waals surface area contributed by atoms with Crippen molar-refractivity contribution in [1.29, 1.82) is 0 Å². The predicted octanol–water partition coefficient (Wildman–Crippen LogP) is 24.6. The van der Waals surface area contributed by atoms with Crippen LogP contribution in [-0.4, -0.2) is 36.4 Å². The van der Waals surface area contributed by atoms with E-state index < -0.39 is 6.10 Å². The normalized spacial score (nSPS) is 13.2. The Morgan fingerprint density at radius 3 is 0.774 bits per heavy atom. The molecule has 0 saturated carbocycles. The molecule has 0 radical (unpaired) electrons. The quantitative estimate of drug-likeness (QED) is 0.0373. The first-order chi connectivity index (χ1) is 41.6. The van der Waals surface area contributed by atoms with E-state index in [1.54, 1.807) is 0 Å². The molecule has 84 heavy (non-hydrogen) atoms. The molecule has 0 amide bonds. The lowest BCUT2D eigenvalue weighted by atomic mass is 10.0. The van der Waals surface area contributed by atoms with Gasteiger partial charge < -0.3 is 14.6 Å². The van der Waals surface area contributed by atoms with E-state index in [0.717, 1.165) is 122 Å². The summed E-state index contributed by atoms with van der Waals surface area (Å²) in [7, 11) is 0. The largest absolute Gasteiger partial charge is 0.462 e. The van der Waals surface area contributed by atoms with E-state index >= 15 is 0 Å². The lowest BCUT2D eigenvalue weighted by molar-refractivity contribution is -0.161. The number of carbonyl (C=O) groups excluding carboxylic acids is 2. The number of ether oxygens (including phenoxy) is 2. The number of unbranched alkanes of at least 4 members (excludes halogenated alkanes) is 29. The molecule has 0 aromatic rings. The Morgan fingerprint density at radius 1 is 0.286 bits per heavy atom. The number of allylic oxidation sites excluding steroid dienone is 26. The van der Waals surface area contributed by atoms with Crippen LogP contribution in [-0.2, 0) is 19.1 Å². The van der Waals surface area contributed by atoms with Gasteiger partial charge in [-0.15, -0.1) is 0 Å². The van der Waals surface area contributed by atoms with Gasteiger partial charge in [0.15, 0.2) is 6.10 Å². The second-order valence-electron chi connectivity index (χ2n) is 22.9.